The van der Waals surface area contributed by atoms with Gasteiger partial charge in [-0.25, -0.2) is 0 Å². The van der Waals surface area contributed by atoms with E-state index in [1.807, 2.05) is 30.7 Å². The van der Waals surface area contributed by atoms with Gasteiger partial charge in [0.25, 0.3) is 0 Å². The Labute approximate surface area is 99.0 Å². The Morgan fingerprint density at radius 1 is 1.35 bits per heavy atom. The van der Waals surface area contributed by atoms with Crippen LogP contribution in [0.4, 0.5) is 0 Å². The standard InChI is InChI=1S/C13H15N3O/c1-8(14)7-16-13-10(9(2)15-16)3-4-12-11(13)5-6-17-12/h3-6,8H,7,14H2,1-2H3/t8-/m0/s1. The summed E-state index contributed by atoms with van der Waals surface area (Å²) in [7, 11) is 0. The van der Waals surface area contributed by atoms with Crippen molar-refractivity contribution in [1.82, 2.24) is 9.78 Å². The highest BCUT2D eigenvalue weighted by Gasteiger charge is 2.12. The van der Waals surface area contributed by atoms with Gasteiger partial charge in [-0.15, -0.1) is 0 Å². The van der Waals surface area contributed by atoms with Crippen LogP contribution in [0.2, 0.25) is 0 Å². The molecule has 0 unspecified atom stereocenters. The van der Waals surface area contributed by atoms with Crippen molar-refractivity contribution >= 4 is 21.9 Å². The highest BCUT2D eigenvalue weighted by molar-refractivity contribution is 6.04. The van der Waals surface area contributed by atoms with E-state index in [0.29, 0.717) is 6.54 Å². The molecule has 1 aromatic carbocycles. The lowest BCUT2D eigenvalue weighted by molar-refractivity contribution is 0.551. The molecule has 1 atom stereocenters. The SMILES string of the molecule is Cc1nn(C[C@H](C)N)c2c1ccc1occc12. The second-order valence-corrected chi connectivity index (χ2v) is 4.54. The van der Waals surface area contributed by atoms with Crippen LogP contribution in [0.5, 0.6) is 0 Å². The lowest BCUT2D eigenvalue weighted by atomic mass is 10.1. The third-order valence-electron chi connectivity index (χ3n) is 2.99. The quantitative estimate of drug-likeness (QED) is 0.734. The molecule has 0 radical (unpaired) electrons. The maximum absolute atomic E-state index is 5.86. The summed E-state index contributed by atoms with van der Waals surface area (Å²) in [5, 5.41) is 6.82. The normalized spacial score (nSPS) is 13.6. The molecule has 0 spiro atoms. The number of benzene rings is 1. The molecule has 0 saturated carbocycles. The number of nitrogens with zero attached hydrogens (tertiary/aromatic N) is 2. The molecule has 17 heavy (non-hydrogen) atoms. The molecule has 3 aromatic rings. The van der Waals surface area contributed by atoms with Gasteiger partial charge < -0.3 is 10.2 Å². The number of fused-ring (bicyclic) bond motifs is 3. The monoisotopic (exact) mass is 229 g/mol. The van der Waals surface area contributed by atoms with Gasteiger partial charge in [0.2, 0.25) is 0 Å². The van der Waals surface area contributed by atoms with E-state index in [2.05, 4.69) is 11.2 Å². The van der Waals surface area contributed by atoms with Gasteiger partial charge in [0.1, 0.15) is 5.58 Å². The van der Waals surface area contributed by atoms with E-state index < -0.39 is 0 Å². The second kappa shape index (κ2) is 3.60. The van der Waals surface area contributed by atoms with Crippen LogP contribution in [-0.4, -0.2) is 15.8 Å². The van der Waals surface area contributed by atoms with Gasteiger partial charge in [-0.05, 0) is 32.0 Å². The molecule has 0 amide bonds. The molecule has 0 bridgehead atoms. The molecular weight excluding hydrogens is 214 g/mol. The van der Waals surface area contributed by atoms with Crippen LogP contribution in [0, 0.1) is 6.92 Å². The molecule has 0 aliphatic rings. The topological polar surface area (TPSA) is 57.0 Å². The second-order valence-electron chi connectivity index (χ2n) is 4.54. The summed E-state index contributed by atoms with van der Waals surface area (Å²) in [6.07, 6.45) is 1.71. The fourth-order valence-electron chi connectivity index (χ4n) is 2.29. The molecular formula is C13H15N3O. The van der Waals surface area contributed by atoms with Gasteiger partial charge in [-0.1, -0.05) is 0 Å². The first-order chi connectivity index (χ1) is 8.16. The Morgan fingerprint density at radius 3 is 2.94 bits per heavy atom. The van der Waals surface area contributed by atoms with E-state index in [1.165, 1.54) is 5.39 Å². The van der Waals surface area contributed by atoms with Gasteiger partial charge in [0.15, 0.2) is 0 Å². The fraction of sp³-hybridized carbons (Fsp3) is 0.308. The van der Waals surface area contributed by atoms with Crippen molar-refractivity contribution in [2.24, 2.45) is 5.73 Å². The smallest absolute Gasteiger partial charge is 0.136 e. The minimum absolute atomic E-state index is 0.0830. The average molecular weight is 229 g/mol. The number of nitrogens with two attached hydrogens (primary N) is 1. The zero-order chi connectivity index (χ0) is 12.0. The third-order valence-corrected chi connectivity index (χ3v) is 2.99. The highest BCUT2D eigenvalue weighted by Crippen LogP contribution is 2.28. The van der Waals surface area contributed by atoms with Crippen molar-refractivity contribution in [3.05, 3.63) is 30.2 Å². The first-order valence-electron chi connectivity index (χ1n) is 5.75. The minimum atomic E-state index is 0.0830. The Hall–Kier alpha value is -1.81. The maximum atomic E-state index is 5.86. The van der Waals surface area contributed by atoms with E-state index >= 15 is 0 Å². The first kappa shape index (κ1) is 10.4. The van der Waals surface area contributed by atoms with Crippen molar-refractivity contribution < 1.29 is 4.42 Å². The van der Waals surface area contributed by atoms with Crippen LogP contribution in [0.1, 0.15) is 12.6 Å². The maximum Gasteiger partial charge on any atom is 0.136 e. The van der Waals surface area contributed by atoms with Gasteiger partial charge in [-0.2, -0.15) is 5.10 Å². The Morgan fingerprint density at radius 2 is 2.18 bits per heavy atom. The fourth-order valence-corrected chi connectivity index (χ4v) is 2.29. The molecule has 0 aliphatic heterocycles. The highest BCUT2D eigenvalue weighted by atomic mass is 16.3. The van der Waals surface area contributed by atoms with Crippen molar-refractivity contribution in [2.45, 2.75) is 26.4 Å². The molecule has 0 fully saturated rings. The summed E-state index contributed by atoms with van der Waals surface area (Å²) in [5.41, 5.74) is 8.90. The van der Waals surface area contributed by atoms with Crippen molar-refractivity contribution in [2.75, 3.05) is 0 Å². The van der Waals surface area contributed by atoms with E-state index in [1.54, 1.807) is 6.26 Å². The van der Waals surface area contributed by atoms with Crippen molar-refractivity contribution in [3.8, 4) is 0 Å². The first-order valence-corrected chi connectivity index (χ1v) is 5.75. The van der Waals surface area contributed by atoms with Crippen molar-refractivity contribution in [1.29, 1.82) is 0 Å². The van der Waals surface area contributed by atoms with Gasteiger partial charge in [0.05, 0.1) is 24.0 Å². The summed E-state index contributed by atoms with van der Waals surface area (Å²) >= 11 is 0. The van der Waals surface area contributed by atoms with Gasteiger partial charge in [-0.3, -0.25) is 4.68 Å². The van der Waals surface area contributed by atoms with E-state index in [4.69, 9.17) is 10.2 Å². The predicted octanol–water partition coefficient (Wildman–Crippen LogP) is 2.44. The number of aromatic nitrogens is 2. The Bertz CT molecular complexity index is 678. The van der Waals surface area contributed by atoms with E-state index in [0.717, 1.165) is 22.2 Å². The Kier molecular flexibility index (Phi) is 2.19. The number of hydrogen-bond acceptors (Lipinski definition) is 3. The van der Waals surface area contributed by atoms with Crippen LogP contribution in [0.3, 0.4) is 0 Å². The van der Waals surface area contributed by atoms with Crippen molar-refractivity contribution in [3.63, 3.8) is 0 Å². The molecule has 88 valence electrons. The van der Waals surface area contributed by atoms with Crippen LogP contribution in [0.15, 0.2) is 28.9 Å². The Balaban J connectivity index is 2.37. The average Bonchev–Trinajstić information content (AvgIpc) is 2.82. The summed E-state index contributed by atoms with van der Waals surface area (Å²) in [6, 6.07) is 6.11. The molecule has 2 N–H and O–H groups in total. The summed E-state index contributed by atoms with van der Waals surface area (Å²) in [4.78, 5) is 0. The van der Waals surface area contributed by atoms with Gasteiger partial charge in [0, 0.05) is 16.8 Å². The summed E-state index contributed by atoms with van der Waals surface area (Å²) in [6.45, 7) is 4.72. The summed E-state index contributed by atoms with van der Waals surface area (Å²) in [5.74, 6) is 0. The number of rotatable bonds is 2. The molecule has 2 heterocycles. The van der Waals surface area contributed by atoms with Crippen LogP contribution < -0.4 is 5.73 Å². The molecule has 4 heteroatoms. The zero-order valence-corrected chi connectivity index (χ0v) is 9.97. The largest absolute Gasteiger partial charge is 0.464 e. The summed E-state index contributed by atoms with van der Waals surface area (Å²) < 4.78 is 7.40. The zero-order valence-electron chi connectivity index (χ0n) is 9.97. The number of hydrogen-bond donors (Lipinski definition) is 1. The van der Waals surface area contributed by atoms with E-state index in [-0.39, 0.29) is 6.04 Å². The van der Waals surface area contributed by atoms with Crippen LogP contribution >= 0.6 is 0 Å². The predicted molar refractivity (Wildman–Crippen MR) is 67.9 cm³/mol. The third kappa shape index (κ3) is 1.52. The lowest BCUT2D eigenvalue weighted by Gasteiger charge is -2.06. The van der Waals surface area contributed by atoms with Gasteiger partial charge >= 0.3 is 0 Å². The minimum Gasteiger partial charge on any atom is -0.464 e. The van der Waals surface area contributed by atoms with E-state index in [9.17, 15) is 0 Å². The molecule has 2 aromatic heterocycles. The lowest BCUT2D eigenvalue weighted by Crippen LogP contribution is -2.22. The number of furan rings is 1. The molecule has 4 nitrogen and oxygen atoms in total. The molecule has 3 rings (SSSR count). The molecule has 0 aliphatic carbocycles. The molecule has 0 saturated heterocycles. The number of aryl methyl sites for hydroxylation is 1. The van der Waals surface area contributed by atoms with Crippen LogP contribution in [0.25, 0.3) is 21.9 Å². The van der Waals surface area contributed by atoms with Crippen LogP contribution in [-0.2, 0) is 6.54 Å².